The fourth-order valence-electron chi connectivity index (χ4n) is 2.77. The van der Waals surface area contributed by atoms with Gasteiger partial charge in [-0.3, -0.25) is 9.52 Å². The number of amides is 1. The lowest BCUT2D eigenvalue weighted by Gasteiger charge is -2.15. The Hall–Kier alpha value is -2.84. The molecule has 0 heterocycles. The molecule has 30 heavy (non-hydrogen) atoms. The van der Waals surface area contributed by atoms with Crippen LogP contribution < -0.4 is 14.8 Å². The number of hydrogen-bond donors (Lipinski definition) is 2. The van der Waals surface area contributed by atoms with Crippen LogP contribution in [0.2, 0.25) is 0 Å². The second-order valence-electron chi connectivity index (χ2n) is 6.61. The maximum absolute atomic E-state index is 12.6. The van der Waals surface area contributed by atoms with E-state index in [9.17, 15) is 13.2 Å². The maximum Gasteiger partial charge on any atom is 0.261 e. The molecule has 0 saturated heterocycles. The molecule has 3 rings (SSSR count). The summed E-state index contributed by atoms with van der Waals surface area (Å²) in [5.41, 5.74) is 1.76. The predicted molar refractivity (Wildman–Crippen MR) is 120 cm³/mol. The van der Waals surface area contributed by atoms with Crippen molar-refractivity contribution in [2.45, 2.75) is 17.9 Å². The molecule has 1 atom stereocenters. The number of carbonyl (C=O) groups excluding carboxylic acids is 1. The fourth-order valence-corrected chi connectivity index (χ4v) is 4.10. The number of anilines is 1. The molecule has 0 fully saturated rings. The molecule has 2 N–H and O–H groups in total. The highest BCUT2D eigenvalue weighted by atomic mass is 79.9. The summed E-state index contributed by atoms with van der Waals surface area (Å²) in [6.07, 6.45) is 0. The molecule has 0 aromatic heterocycles. The number of benzene rings is 3. The first kappa shape index (κ1) is 21.9. The number of nitrogens with one attached hydrogen (secondary N) is 2. The monoisotopic (exact) mass is 488 g/mol. The summed E-state index contributed by atoms with van der Waals surface area (Å²) in [7, 11) is -2.23. The summed E-state index contributed by atoms with van der Waals surface area (Å²) >= 11 is 3.38. The van der Waals surface area contributed by atoms with Crippen LogP contribution in [-0.2, 0) is 10.0 Å². The van der Waals surface area contributed by atoms with Crippen molar-refractivity contribution in [1.29, 1.82) is 0 Å². The van der Waals surface area contributed by atoms with Crippen LogP contribution in [0.15, 0.2) is 82.2 Å². The molecule has 6 nitrogen and oxygen atoms in total. The van der Waals surface area contributed by atoms with E-state index in [-0.39, 0.29) is 16.8 Å². The van der Waals surface area contributed by atoms with Gasteiger partial charge in [0.2, 0.25) is 0 Å². The van der Waals surface area contributed by atoms with Crippen LogP contribution in [0.3, 0.4) is 0 Å². The van der Waals surface area contributed by atoms with Crippen molar-refractivity contribution in [1.82, 2.24) is 5.32 Å². The van der Waals surface area contributed by atoms with Gasteiger partial charge in [-0.05, 0) is 73.2 Å². The van der Waals surface area contributed by atoms with E-state index in [2.05, 4.69) is 26.0 Å². The highest BCUT2D eigenvalue weighted by Gasteiger charge is 2.16. The summed E-state index contributed by atoms with van der Waals surface area (Å²) in [6, 6.07) is 19.8. The van der Waals surface area contributed by atoms with Crippen LogP contribution in [0, 0.1) is 0 Å². The van der Waals surface area contributed by atoms with Gasteiger partial charge in [0.25, 0.3) is 15.9 Å². The van der Waals surface area contributed by atoms with Gasteiger partial charge in [-0.15, -0.1) is 0 Å². The summed E-state index contributed by atoms with van der Waals surface area (Å²) in [6.45, 7) is 1.89. The van der Waals surface area contributed by atoms with E-state index in [1.165, 1.54) is 31.4 Å². The Balaban J connectivity index is 1.68. The van der Waals surface area contributed by atoms with Gasteiger partial charge in [-0.2, -0.15) is 0 Å². The molecular weight excluding hydrogens is 468 g/mol. The minimum absolute atomic E-state index is 0.0656. The van der Waals surface area contributed by atoms with Crippen molar-refractivity contribution in [3.8, 4) is 5.75 Å². The van der Waals surface area contributed by atoms with E-state index in [0.717, 1.165) is 10.0 Å². The van der Waals surface area contributed by atoms with E-state index in [1.54, 1.807) is 24.3 Å². The fraction of sp³-hybridized carbons (Fsp3) is 0.136. The molecule has 0 aliphatic rings. The van der Waals surface area contributed by atoms with Gasteiger partial charge in [0.15, 0.2) is 0 Å². The van der Waals surface area contributed by atoms with Crippen LogP contribution in [0.25, 0.3) is 0 Å². The summed E-state index contributed by atoms with van der Waals surface area (Å²) in [4.78, 5) is 12.6. The molecule has 156 valence electrons. The molecule has 0 spiro atoms. The molecular formula is C22H21BrN2O4S. The van der Waals surface area contributed by atoms with Gasteiger partial charge >= 0.3 is 0 Å². The second-order valence-corrected chi connectivity index (χ2v) is 9.20. The van der Waals surface area contributed by atoms with E-state index in [1.807, 2.05) is 31.2 Å². The number of halogens is 1. The first-order valence-corrected chi connectivity index (χ1v) is 11.4. The average Bonchev–Trinajstić information content (AvgIpc) is 2.74. The third-order valence-corrected chi connectivity index (χ3v) is 6.41. The van der Waals surface area contributed by atoms with Gasteiger partial charge in [0.1, 0.15) is 5.75 Å². The Morgan fingerprint density at radius 1 is 0.933 bits per heavy atom. The molecule has 1 amide bonds. The van der Waals surface area contributed by atoms with Gasteiger partial charge in [-0.1, -0.05) is 28.1 Å². The summed E-state index contributed by atoms with van der Waals surface area (Å²) in [5, 5.41) is 2.91. The normalized spacial score (nSPS) is 12.1. The molecule has 0 saturated carbocycles. The predicted octanol–water partition coefficient (Wildman–Crippen LogP) is 4.75. The Bertz CT molecular complexity index is 1110. The molecule has 3 aromatic carbocycles. The smallest absolute Gasteiger partial charge is 0.261 e. The van der Waals surface area contributed by atoms with Crippen molar-refractivity contribution < 1.29 is 17.9 Å². The highest BCUT2D eigenvalue weighted by molar-refractivity contribution is 9.10. The molecule has 8 heteroatoms. The largest absolute Gasteiger partial charge is 0.497 e. The molecule has 0 aliphatic carbocycles. The topological polar surface area (TPSA) is 84.5 Å². The van der Waals surface area contributed by atoms with Crippen LogP contribution >= 0.6 is 15.9 Å². The Kier molecular flexibility index (Phi) is 6.79. The molecule has 0 unspecified atom stereocenters. The van der Waals surface area contributed by atoms with Crippen molar-refractivity contribution >= 4 is 37.5 Å². The molecule has 3 aromatic rings. The van der Waals surface area contributed by atoms with E-state index in [0.29, 0.717) is 17.0 Å². The van der Waals surface area contributed by atoms with Gasteiger partial charge in [0.05, 0.1) is 18.0 Å². The molecule has 0 aliphatic heterocycles. The minimum Gasteiger partial charge on any atom is -0.497 e. The van der Waals surface area contributed by atoms with Crippen LogP contribution in [-0.4, -0.2) is 21.4 Å². The van der Waals surface area contributed by atoms with E-state index < -0.39 is 10.0 Å². The number of rotatable bonds is 7. The average molecular weight is 489 g/mol. The lowest BCUT2D eigenvalue weighted by Crippen LogP contribution is -2.26. The van der Waals surface area contributed by atoms with E-state index in [4.69, 9.17) is 4.74 Å². The summed E-state index contributed by atoms with van der Waals surface area (Å²) < 4.78 is 33.7. The van der Waals surface area contributed by atoms with Crippen LogP contribution in [0.1, 0.15) is 28.9 Å². The van der Waals surface area contributed by atoms with Gasteiger partial charge in [0, 0.05) is 15.7 Å². The maximum atomic E-state index is 12.6. The lowest BCUT2D eigenvalue weighted by molar-refractivity contribution is 0.0940. The van der Waals surface area contributed by atoms with Crippen molar-refractivity contribution in [2.24, 2.45) is 0 Å². The lowest BCUT2D eigenvalue weighted by atomic mass is 10.1. The second kappa shape index (κ2) is 9.32. The standard InChI is InChI=1S/C22H21BrN2O4S/c1-15(16-3-7-18(23)8-4-16)24-22(26)17-5-13-21(14-6-17)30(27,28)25-19-9-11-20(29-2)12-10-19/h3-15,25H,1-2H3,(H,24,26)/t15-/m0/s1. The number of carbonyl (C=O) groups is 1. The number of hydrogen-bond acceptors (Lipinski definition) is 4. The summed E-state index contributed by atoms with van der Waals surface area (Å²) in [5.74, 6) is 0.350. The third-order valence-electron chi connectivity index (χ3n) is 4.49. The zero-order chi connectivity index (χ0) is 21.7. The Morgan fingerprint density at radius 2 is 1.53 bits per heavy atom. The van der Waals surface area contributed by atoms with E-state index >= 15 is 0 Å². The SMILES string of the molecule is COc1ccc(NS(=O)(=O)c2ccc(C(=O)N[C@@H](C)c3ccc(Br)cc3)cc2)cc1. The van der Waals surface area contributed by atoms with Crippen LogP contribution in [0.4, 0.5) is 5.69 Å². The Labute approximate surface area is 184 Å². The highest BCUT2D eigenvalue weighted by Crippen LogP contribution is 2.20. The quantitative estimate of drug-likeness (QED) is 0.502. The van der Waals surface area contributed by atoms with Crippen molar-refractivity contribution in [3.05, 3.63) is 88.4 Å². The molecule has 0 radical (unpaired) electrons. The zero-order valence-corrected chi connectivity index (χ0v) is 18.8. The number of ether oxygens (including phenoxy) is 1. The Morgan fingerprint density at radius 3 is 2.10 bits per heavy atom. The minimum atomic E-state index is -3.77. The number of sulfonamides is 1. The van der Waals surface area contributed by atoms with Gasteiger partial charge < -0.3 is 10.1 Å². The first-order chi connectivity index (χ1) is 14.3. The van der Waals surface area contributed by atoms with Gasteiger partial charge in [-0.25, -0.2) is 8.42 Å². The van der Waals surface area contributed by atoms with Crippen molar-refractivity contribution in [2.75, 3.05) is 11.8 Å². The first-order valence-electron chi connectivity index (χ1n) is 9.12. The third kappa shape index (κ3) is 5.40. The van der Waals surface area contributed by atoms with Crippen molar-refractivity contribution in [3.63, 3.8) is 0 Å². The number of methoxy groups -OCH3 is 1. The van der Waals surface area contributed by atoms with Crippen LogP contribution in [0.5, 0.6) is 5.75 Å². The zero-order valence-electron chi connectivity index (χ0n) is 16.4. The molecule has 0 bridgehead atoms.